The molecular formula is C13H13F3N2S. The highest BCUT2D eigenvalue weighted by Gasteiger charge is 2.30. The number of rotatable bonds is 3. The molecule has 0 saturated carbocycles. The summed E-state index contributed by atoms with van der Waals surface area (Å²) in [6, 6.07) is 5.08. The van der Waals surface area contributed by atoms with Crippen molar-refractivity contribution >= 4 is 16.5 Å². The highest BCUT2D eigenvalue weighted by molar-refractivity contribution is 7.15. The van der Waals surface area contributed by atoms with Crippen molar-refractivity contribution in [3.63, 3.8) is 0 Å². The molecule has 0 aliphatic rings. The maximum absolute atomic E-state index is 12.4. The zero-order valence-corrected chi connectivity index (χ0v) is 11.3. The fourth-order valence-electron chi connectivity index (χ4n) is 1.65. The van der Waals surface area contributed by atoms with Crippen molar-refractivity contribution in [1.82, 2.24) is 4.98 Å². The number of halogens is 3. The summed E-state index contributed by atoms with van der Waals surface area (Å²) in [5.74, 6) is 0. The first-order valence-electron chi connectivity index (χ1n) is 5.72. The highest BCUT2D eigenvalue weighted by Crippen LogP contribution is 2.30. The van der Waals surface area contributed by atoms with Crippen LogP contribution in [-0.4, -0.2) is 4.98 Å². The third-order valence-electron chi connectivity index (χ3n) is 2.70. The average molecular weight is 286 g/mol. The second kappa shape index (κ2) is 5.21. The van der Waals surface area contributed by atoms with Gasteiger partial charge < -0.3 is 5.32 Å². The zero-order chi connectivity index (χ0) is 14.0. The van der Waals surface area contributed by atoms with E-state index in [9.17, 15) is 13.2 Å². The van der Waals surface area contributed by atoms with E-state index in [0.29, 0.717) is 0 Å². The first kappa shape index (κ1) is 13.9. The molecule has 1 N–H and O–H groups in total. The van der Waals surface area contributed by atoms with Gasteiger partial charge in [-0.25, -0.2) is 4.98 Å². The smallest absolute Gasteiger partial charge is 0.355 e. The van der Waals surface area contributed by atoms with Gasteiger partial charge in [-0.2, -0.15) is 13.2 Å². The molecule has 0 fully saturated rings. The largest absolute Gasteiger partial charge is 0.416 e. The predicted molar refractivity (Wildman–Crippen MR) is 70.3 cm³/mol. The molecule has 0 spiro atoms. The van der Waals surface area contributed by atoms with E-state index in [2.05, 4.69) is 10.3 Å². The Morgan fingerprint density at radius 3 is 2.32 bits per heavy atom. The van der Waals surface area contributed by atoms with E-state index >= 15 is 0 Å². The average Bonchev–Trinajstić information content (AvgIpc) is 2.74. The molecule has 19 heavy (non-hydrogen) atoms. The minimum atomic E-state index is -4.29. The predicted octanol–water partition coefficient (Wildman–Crippen LogP) is 4.64. The lowest BCUT2D eigenvalue weighted by Crippen LogP contribution is -2.08. The number of thiazole rings is 1. The van der Waals surface area contributed by atoms with E-state index in [1.165, 1.54) is 23.5 Å². The molecule has 0 saturated heterocycles. The fourth-order valence-corrected chi connectivity index (χ4v) is 2.40. The summed E-state index contributed by atoms with van der Waals surface area (Å²) in [5, 5.41) is 3.93. The van der Waals surface area contributed by atoms with Gasteiger partial charge in [-0.05, 0) is 31.5 Å². The molecule has 0 aliphatic heterocycles. The minimum Gasteiger partial charge on any atom is -0.355 e. The first-order chi connectivity index (χ1) is 8.86. The van der Waals surface area contributed by atoms with Crippen molar-refractivity contribution < 1.29 is 13.2 Å². The van der Waals surface area contributed by atoms with Gasteiger partial charge in [-0.15, -0.1) is 11.3 Å². The third kappa shape index (κ3) is 3.47. The van der Waals surface area contributed by atoms with Crippen molar-refractivity contribution in [3.8, 4) is 0 Å². The summed E-state index contributed by atoms with van der Waals surface area (Å²) in [6.07, 6.45) is -2.53. The Morgan fingerprint density at radius 1 is 1.21 bits per heavy atom. The van der Waals surface area contributed by atoms with Crippen molar-refractivity contribution in [2.75, 3.05) is 5.32 Å². The second-order valence-corrected chi connectivity index (χ2v) is 5.50. The van der Waals surface area contributed by atoms with E-state index < -0.39 is 11.7 Å². The molecule has 0 amide bonds. The molecule has 1 atom stereocenters. The fraction of sp³-hybridized carbons (Fsp3) is 0.308. The van der Waals surface area contributed by atoms with E-state index in [4.69, 9.17) is 0 Å². The van der Waals surface area contributed by atoms with Crippen LogP contribution in [0.2, 0.25) is 0 Å². The molecule has 1 unspecified atom stereocenters. The van der Waals surface area contributed by atoms with Crippen LogP contribution in [0.5, 0.6) is 0 Å². The molecule has 1 heterocycles. The van der Waals surface area contributed by atoms with Gasteiger partial charge in [0, 0.05) is 11.1 Å². The molecule has 2 rings (SSSR count). The quantitative estimate of drug-likeness (QED) is 0.888. The van der Waals surface area contributed by atoms with E-state index in [0.717, 1.165) is 27.7 Å². The van der Waals surface area contributed by atoms with Crippen LogP contribution in [0.15, 0.2) is 30.5 Å². The van der Waals surface area contributed by atoms with E-state index in [-0.39, 0.29) is 6.04 Å². The first-order valence-corrected chi connectivity index (χ1v) is 6.54. The highest BCUT2D eigenvalue weighted by atomic mass is 32.1. The Morgan fingerprint density at radius 2 is 1.84 bits per heavy atom. The lowest BCUT2D eigenvalue weighted by atomic mass is 10.1. The molecule has 2 nitrogen and oxygen atoms in total. The van der Waals surface area contributed by atoms with Gasteiger partial charge in [-0.3, -0.25) is 0 Å². The molecule has 6 heteroatoms. The summed E-state index contributed by atoms with van der Waals surface area (Å²) >= 11 is 1.52. The van der Waals surface area contributed by atoms with Crippen LogP contribution in [0.3, 0.4) is 0 Å². The normalized spacial score (nSPS) is 13.3. The van der Waals surface area contributed by atoms with E-state index in [1.807, 2.05) is 13.8 Å². The van der Waals surface area contributed by atoms with Gasteiger partial charge in [0.05, 0.1) is 11.6 Å². The lowest BCUT2D eigenvalue weighted by Gasteiger charge is -2.14. The summed E-state index contributed by atoms with van der Waals surface area (Å²) in [4.78, 5) is 5.25. The third-order valence-corrected chi connectivity index (χ3v) is 3.54. The molecule has 1 aromatic carbocycles. The van der Waals surface area contributed by atoms with E-state index in [1.54, 1.807) is 6.20 Å². The molecule has 0 radical (unpaired) electrons. The number of benzene rings is 1. The van der Waals surface area contributed by atoms with Crippen LogP contribution in [0.1, 0.15) is 29.0 Å². The van der Waals surface area contributed by atoms with Crippen molar-refractivity contribution in [2.45, 2.75) is 26.1 Å². The van der Waals surface area contributed by atoms with Crippen LogP contribution in [0.25, 0.3) is 0 Å². The molecule has 2 aromatic rings. The van der Waals surface area contributed by atoms with Crippen molar-refractivity contribution in [2.24, 2.45) is 0 Å². The Labute approximate surface area is 113 Å². The number of nitrogens with one attached hydrogen (secondary N) is 1. The molecular weight excluding hydrogens is 273 g/mol. The van der Waals surface area contributed by atoms with Crippen LogP contribution in [0, 0.1) is 6.92 Å². The molecule has 1 aromatic heterocycles. The van der Waals surface area contributed by atoms with Gasteiger partial charge in [0.25, 0.3) is 0 Å². The number of hydrogen-bond acceptors (Lipinski definition) is 3. The maximum Gasteiger partial charge on any atom is 0.416 e. The van der Waals surface area contributed by atoms with Gasteiger partial charge in [0.1, 0.15) is 0 Å². The van der Waals surface area contributed by atoms with Gasteiger partial charge >= 0.3 is 6.18 Å². The Bertz CT molecular complexity index is 546. The molecule has 0 bridgehead atoms. The number of alkyl halides is 3. The number of aromatic nitrogens is 1. The SMILES string of the molecule is Cc1cnc(NC(C)c2ccc(C(F)(F)F)cc2)s1. The van der Waals surface area contributed by atoms with Crippen molar-refractivity contribution in [3.05, 3.63) is 46.5 Å². The number of nitrogens with zero attached hydrogens (tertiary/aromatic N) is 1. The van der Waals surface area contributed by atoms with Crippen LogP contribution in [0.4, 0.5) is 18.3 Å². The second-order valence-electron chi connectivity index (χ2n) is 4.26. The van der Waals surface area contributed by atoms with Gasteiger partial charge in [0.2, 0.25) is 0 Å². The molecule has 102 valence electrons. The minimum absolute atomic E-state index is 0.0900. The lowest BCUT2D eigenvalue weighted by molar-refractivity contribution is -0.137. The monoisotopic (exact) mass is 286 g/mol. The summed E-state index contributed by atoms with van der Waals surface area (Å²) in [7, 11) is 0. The number of aryl methyl sites for hydroxylation is 1. The van der Waals surface area contributed by atoms with Crippen LogP contribution in [-0.2, 0) is 6.18 Å². The number of anilines is 1. The summed E-state index contributed by atoms with van der Waals surface area (Å²) < 4.78 is 37.3. The molecule has 0 aliphatic carbocycles. The maximum atomic E-state index is 12.4. The topological polar surface area (TPSA) is 24.9 Å². The Kier molecular flexibility index (Phi) is 3.80. The summed E-state index contributed by atoms with van der Waals surface area (Å²) in [5.41, 5.74) is 0.161. The summed E-state index contributed by atoms with van der Waals surface area (Å²) in [6.45, 7) is 3.84. The van der Waals surface area contributed by atoms with Crippen LogP contribution < -0.4 is 5.32 Å². The Hall–Kier alpha value is -1.56. The zero-order valence-electron chi connectivity index (χ0n) is 10.5. The van der Waals surface area contributed by atoms with Gasteiger partial charge in [-0.1, -0.05) is 12.1 Å². The number of hydrogen-bond donors (Lipinski definition) is 1. The van der Waals surface area contributed by atoms with Crippen molar-refractivity contribution in [1.29, 1.82) is 0 Å². The Balaban J connectivity index is 2.09. The van der Waals surface area contributed by atoms with Crippen LogP contribution >= 0.6 is 11.3 Å². The standard InChI is InChI=1S/C13H13F3N2S/c1-8-7-17-12(19-8)18-9(2)10-3-5-11(6-4-10)13(14,15)16/h3-7,9H,1-2H3,(H,17,18). The van der Waals surface area contributed by atoms with Gasteiger partial charge in [0.15, 0.2) is 5.13 Å².